The standard InChI is InChI=1S/C21H27ClN6O3/c1-23-21(28-11-9-27(10-12-28)20(29)17-6-3-13-30-17)24-8-7-18-25-19(26-31-18)15-4-2-5-16(22)14-15/h2,4-5,14,17H,3,6-13H2,1H3,(H,23,24). The highest BCUT2D eigenvalue weighted by molar-refractivity contribution is 6.30. The first-order valence-electron chi connectivity index (χ1n) is 10.6. The third-order valence-corrected chi connectivity index (χ3v) is 5.72. The van der Waals surface area contributed by atoms with Crippen molar-refractivity contribution in [2.45, 2.75) is 25.4 Å². The number of halogens is 1. The second kappa shape index (κ2) is 10.1. The fourth-order valence-corrected chi connectivity index (χ4v) is 4.02. The van der Waals surface area contributed by atoms with E-state index in [0.717, 1.165) is 37.5 Å². The highest BCUT2D eigenvalue weighted by Gasteiger charge is 2.30. The Bertz CT molecular complexity index is 919. The number of hydrogen-bond donors (Lipinski definition) is 1. The van der Waals surface area contributed by atoms with E-state index < -0.39 is 0 Å². The molecular formula is C21H27ClN6O3. The molecule has 1 unspecified atom stereocenters. The number of nitrogens with zero attached hydrogens (tertiary/aromatic N) is 5. The van der Waals surface area contributed by atoms with Crippen LogP contribution in [0.25, 0.3) is 11.4 Å². The summed E-state index contributed by atoms with van der Waals surface area (Å²) >= 11 is 6.03. The van der Waals surface area contributed by atoms with Crippen LogP contribution in [0.2, 0.25) is 5.02 Å². The lowest BCUT2D eigenvalue weighted by molar-refractivity contribution is -0.142. The first-order valence-corrected chi connectivity index (χ1v) is 11.0. The smallest absolute Gasteiger partial charge is 0.251 e. The molecule has 1 amide bonds. The topological polar surface area (TPSA) is 96.1 Å². The molecule has 0 saturated carbocycles. The predicted molar refractivity (Wildman–Crippen MR) is 117 cm³/mol. The van der Waals surface area contributed by atoms with E-state index in [-0.39, 0.29) is 12.0 Å². The van der Waals surface area contributed by atoms with Gasteiger partial charge in [0.2, 0.25) is 11.7 Å². The van der Waals surface area contributed by atoms with Gasteiger partial charge < -0.3 is 24.4 Å². The number of carbonyl (C=O) groups is 1. The van der Waals surface area contributed by atoms with Gasteiger partial charge >= 0.3 is 0 Å². The molecular weight excluding hydrogens is 420 g/mol. The number of ether oxygens (including phenoxy) is 1. The molecule has 2 aliphatic heterocycles. The fourth-order valence-electron chi connectivity index (χ4n) is 3.83. The minimum Gasteiger partial charge on any atom is -0.368 e. The molecule has 1 aromatic carbocycles. The molecule has 3 heterocycles. The summed E-state index contributed by atoms with van der Waals surface area (Å²) in [6, 6.07) is 7.36. The number of aliphatic imine (C=N–C) groups is 1. The van der Waals surface area contributed by atoms with Crippen LogP contribution in [-0.2, 0) is 16.0 Å². The third-order valence-electron chi connectivity index (χ3n) is 5.48. The van der Waals surface area contributed by atoms with Crippen LogP contribution in [0.3, 0.4) is 0 Å². The third kappa shape index (κ3) is 5.34. The Morgan fingerprint density at radius 3 is 2.81 bits per heavy atom. The molecule has 4 rings (SSSR count). The molecule has 31 heavy (non-hydrogen) atoms. The number of carbonyl (C=O) groups excluding carboxylic acids is 1. The average Bonchev–Trinajstić information content (AvgIpc) is 3.49. The molecule has 0 bridgehead atoms. The van der Waals surface area contributed by atoms with Crippen molar-refractivity contribution in [2.24, 2.45) is 4.99 Å². The maximum Gasteiger partial charge on any atom is 0.251 e. The van der Waals surface area contributed by atoms with Crippen LogP contribution in [0.5, 0.6) is 0 Å². The molecule has 0 spiro atoms. The summed E-state index contributed by atoms with van der Waals surface area (Å²) in [6.07, 6.45) is 2.12. The Hall–Kier alpha value is -2.65. The second-order valence-corrected chi connectivity index (χ2v) is 8.00. The molecule has 166 valence electrons. The van der Waals surface area contributed by atoms with Crippen LogP contribution >= 0.6 is 11.6 Å². The number of piperazine rings is 1. The molecule has 0 radical (unpaired) electrons. The van der Waals surface area contributed by atoms with Gasteiger partial charge in [0.25, 0.3) is 5.91 Å². The number of nitrogens with one attached hydrogen (secondary N) is 1. The molecule has 0 aliphatic carbocycles. The van der Waals surface area contributed by atoms with E-state index in [2.05, 4.69) is 25.3 Å². The summed E-state index contributed by atoms with van der Waals surface area (Å²) in [5, 5.41) is 8.01. The van der Waals surface area contributed by atoms with E-state index in [1.165, 1.54) is 0 Å². The number of hydrogen-bond acceptors (Lipinski definition) is 6. The van der Waals surface area contributed by atoms with Gasteiger partial charge in [0.1, 0.15) is 6.10 Å². The van der Waals surface area contributed by atoms with Crippen LogP contribution in [-0.4, -0.2) is 84.3 Å². The van der Waals surface area contributed by atoms with Crippen molar-refractivity contribution in [3.8, 4) is 11.4 Å². The van der Waals surface area contributed by atoms with Gasteiger partial charge in [0.05, 0.1) is 0 Å². The minimum atomic E-state index is -0.254. The normalized spacial score (nSPS) is 19.7. The first-order chi connectivity index (χ1) is 15.1. The van der Waals surface area contributed by atoms with Gasteiger partial charge in [-0.15, -0.1) is 0 Å². The van der Waals surface area contributed by atoms with Crippen molar-refractivity contribution in [1.29, 1.82) is 0 Å². The second-order valence-electron chi connectivity index (χ2n) is 7.56. The van der Waals surface area contributed by atoms with Gasteiger partial charge in [-0.05, 0) is 25.0 Å². The lowest BCUT2D eigenvalue weighted by Gasteiger charge is -2.37. The molecule has 1 N–H and O–H groups in total. The molecule has 9 nitrogen and oxygen atoms in total. The molecule has 1 atom stereocenters. The highest BCUT2D eigenvalue weighted by atomic mass is 35.5. The van der Waals surface area contributed by atoms with Crippen LogP contribution in [0, 0.1) is 0 Å². The number of benzene rings is 1. The summed E-state index contributed by atoms with van der Waals surface area (Å²) in [5.74, 6) is 1.99. The van der Waals surface area contributed by atoms with Gasteiger partial charge in [-0.2, -0.15) is 4.98 Å². The minimum absolute atomic E-state index is 0.118. The van der Waals surface area contributed by atoms with E-state index in [1.807, 2.05) is 17.0 Å². The Balaban J connectivity index is 1.24. The average molecular weight is 447 g/mol. The SMILES string of the molecule is CN=C(NCCc1nc(-c2cccc(Cl)c2)no1)N1CCN(C(=O)C2CCCO2)CC1. The Morgan fingerprint density at radius 2 is 2.10 bits per heavy atom. The summed E-state index contributed by atoms with van der Waals surface area (Å²) in [4.78, 5) is 25.4. The lowest BCUT2D eigenvalue weighted by Crippen LogP contribution is -2.55. The zero-order valence-electron chi connectivity index (χ0n) is 17.6. The number of guanidine groups is 1. The molecule has 10 heteroatoms. The summed E-state index contributed by atoms with van der Waals surface area (Å²) in [7, 11) is 1.76. The van der Waals surface area contributed by atoms with Gasteiger partial charge in [-0.3, -0.25) is 9.79 Å². The molecule has 2 saturated heterocycles. The van der Waals surface area contributed by atoms with Gasteiger partial charge in [0.15, 0.2) is 5.96 Å². The van der Waals surface area contributed by atoms with E-state index in [1.54, 1.807) is 19.2 Å². The van der Waals surface area contributed by atoms with E-state index in [9.17, 15) is 4.79 Å². The zero-order chi connectivity index (χ0) is 21.6. The maximum absolute atomic E-state index is 12.5. The summed E-state index contributed by atoms with van der Waals surface area (Å²) in [5.41, 5.74) is 0.821. The van der Waals surface area contributed by atoms with Gasteiger partial charge in [-0.25, -0.2) is 0 Å². The quantitative estimate of drug-likeness (QED) is 0.552. The lowest BCUT2D eigenvalue weighted by atomic mass is 10.2. The first kappa shape index (κ1) is 21.6. The summed E-state index contributed by atoms with van der Waals surface area (Å²) < 4.78 is 10.9. The van der Waals surface area contributed by atoms with Crippen LogP contribution in [0.1, 0.15) is 18.7 Å². The monoisotopic (exact) mass is 446 g/mol. The van der Waals surface area contributed by atoms with Crippen molar-refractivity contribution in [2.75, 3.05) is 46.4 Å². The van der Waals surface area contributed by atoms with Crippen molar-refractivity contribution in [3.05, 3.63) is 35.2 Å². The number of amides is 1. The number of aromatic nitrogens is 2. The van der Waals surface area contributed by atoms with Crippen LogP contribution < -0.4 is 5.32 Å². The van der Waals surface area contributed by atoms with Crippen LogP contribution in [0.4, 0.5) is 0 Å². The summed E-state index contributed by atoms with van der Waals surface area (Å²) in [6.45, 7) is 4.11. The van der Waals surface area contributed by atoms with E-state index in [4.69, 9.17) is 20.9 Å². The van der Waals surface area contributed by atoms with E-state index >= 15 is 0 Å². The number of rotatable bonds is 5. The molecule has 2 aliphatic rings. The van der Waals surface area contributed by atoms with Gasteiger partial charge in [-0.1, -0.05) is 28.9 Å². The largest absolute Gasteiger partial charge is 0.368 e. The Labute approximate surface area is 186 Å². The van der Waals surface area contributed by atoms with Crippen molar-refractivity contribution in [1.82, 2.24) is 25.3 Å². The Morgan fingerprint density at radius 1 is 1.29 bits per heavy atom. The van der Waals surface area contributed by atoms with E-state index in [0.29, 0.717) is 49.4 Å². The van der Waals surface area contributed by atoms with Gasteiger partial charge in [0, 0.05) is 63.4 Å². The fraction of sp³-hybridized carbons (Fsp3) is 0.524. The Kier molecular flexibility index (Phi) is 7.03. The van der Waals surface area contributed by atoms with Crippen molar-refractivity contribution >= 4 is 23.5 Å². The van der Waals surface area contributed by atoms with Crippen molar-refractivity contribution < 1.29 is 14.1 Å². The molecule has 2 fully saturated rings. The maximum atomic E-state index is 12.5. The molecule has 1 aromatic heterocycles. The zero-order valence-corrected chi connectivity index (χ0v) is 18.3. The molecule has 2 aromatic rings. The predicted octanol–water partition coefficient (Wildman–Crippen LogP) is 1.83. The highest BCUT2D eigenvalue weighted by Crippen LogP contribution is 2.20. The van der Waals surface area contributed by atoms with Crippen molar-refractivity contribution in [3.63, 3.8) is 0 Å². The van der Waals surface area contributed by atoms with Crippen LogP contribution in [0.15, 0.2) is 33.8 Å².